The summed E-state index contributed by atoms with van der Waals surface area (Å²) in [4.78, 5) is 2.48. The molecule has 90 valence electrons. The predicted octanol–water partition coefficient (Wildman–Crippen LogP) is 2.10. The molecule has 2 heterocycles. The van der Waals surface area contributed by atoms with Crippen LogP contribution in [0.5, 0.6) is 0 Å². The van der Waals surface area contributed by atoms with Gasteiger partial charge >= 0.3 is 0 Å². The molecule has 0 aromatic carbocycles. The maximum atomic E-state index is 5.40. The predicted molar refractivity (Wildman–Crippen MR) is 65.3 cm³/mol. The Kier molecular flexibility index (Phi) is 4.43. The first-order valence-corrected chi connectivity index (χ1v) is 6.34. The van der Waals surface area contributed by atoms with E-state index in [9.17, 15) is 0 Å². The van der Waals surface area contributed by atoms with Crippen molar-refractivity contribution < 1.29 is 4.42 Å². The number of nitrogens with zero attached hydrogens (tertiary/aromatic N) is 1. The summed E-state index contributed by atoms with van der Waals surface area (Å²) in [6, 6.07) is 4.03. The number of rotatable bonds is 5. The van der Waals surface area contributed by atoms with E-state index in [1.807, 2.05) is 6.07 Å². The largest absolute Gasteiger partial charge is 0.468 e. The molecule has 0 radical (unpaired) electrons. The highest BCUT2D eigenvalue weighted by atomic mass is 16.3. The molecule has 1 N–H and O–H groups in total. The lowest BCUT2D eigenvalue weighted by atomic mass is 9.97. The van der Waals surface area contributed by atoms with E-state index in [1.54, 1.807) is 6.26 Å². The van der Waals surface area contributed by atoms with Gasteiger partial charge in [0.2, 0.25) is 0 Å². The van der Waals surface area contributed by atoms with Gasteiger partial charge in [0.15, 0.2) is 0 Å². The molecule has 2 rings (SSSR count). The third kappa shape index (κ3) is 3.35. The molecular formula is C13H22N2O. The molecule has 1 aromatic rings. The minimum atomic E-state index is 0.858. The summed E-state index contributed by atoms with van der Waals surface area (Å²) < 4.78 is 5.40. The Morgan fingerprint density at radius 3 is 2.88 bits per heavy atom. The molecule has 3 heteroatoms. The second kappa shape index (κ2) is 6.06. The zero-order valence-corrected chi connectivity index (χ0v) is 10.1. The van der Waals surface area contributed by atoms with E-state index >= 15 is 0 Å². The van der Waals surface area contributed by atoms with E-state index in [4.69, 9.17) is 4.42 Å². The molecule has 0 bridgehead atoms. The van der Waals surface area contributed by atoms with Crippen LogP contribution in [0, 0.1) is 5.92 Å². The Morgan fingerprint density at radius 1 is 1.44 bits per heavy atom. The quantitative estimate of drug-likeness (QED) is 0.827. The smallest absolute Gasteiger partial charge is 0.117 e. The fraction of sp³-hybridized carbons (Fsp3) is 0.692. The number of nitrogens with one attached hydrogen (secondary N) is 1. The molecular weight excluding hydrogens is 200 g/mol. The van der Waals surface area contributed by atoms with Crippen LogP contribution in [0.1, 0.15) is 25.5 Å². The molecule has 0 atom stereocenters. The summed E-state index contributed by atoms with van der Waals surface area (Å²) in [6.07, 6.45) is 4.39. The standard InChI is InChI=1S/C13H22N2O/c1-2-15(11-13-4-3-9-16-13)10-12-5-7-14-8-6-12/h3-4,9,12,14H,2,5-8,10-11H2,1H3. The van der Waals surface area contributed by atoms with Crippen molar-refractivity contribution in [1.82, 2.24) is 10.2 Å². The molecule has 0 spiro atoms. The second-order valence-corrected chi connectivity index (χ2v) is 4.60. The van der Waals surface area contributed by atoms with Crippen LogP contribution >= 0.6 is 0 Å². The molecule has 1 fully saturated rings. The first-order chi connectivity index (χ1) is 7.88. The molecule has 1 aromatic heterocycles. The zero-order valence-electron chi connectivity index (χ0n) is 10.1. The highest BCUT2D eigenvalue weighted by Gasteiger charge is 2.16. The van der Waals surface area contributed by atoms with Gasteiger partial charge in [0.25, 0.3) is 0 Å². The normalized spacial score (nSPS) is 18.1. The number of furan rings is 1. The summed E-state index contributed by atoms with van der Waals surface area (Å²) >= 11 is 0. The molecule has 0 saturated carbocycles. The Balaban J connectivity index is 1.80. The van der Waals surface area contributed by atoms with Crippen molar-refractivity contribution in [3.05, 3.63) is 24.2 Å². The van der Waals surface area contributed by atoms with Crippen LogP contribution in [0.4, 0.5) is 0 Å². The molecule has 1 aliphatic heterocycles. The lowest BCUT2D eigenvalue weighted by molar-refractivity contribution is 0.195. The van der Waals surface area contributed by atoms with Gasteiger partial charge in [-0.1, -0.05) is 6.92 Å². The Bertz CT molecular complexity index is 278. The van der Waals surface area contributed by atoms with Crippen molar-refractivity contribution in [1.29, 1.82) is 0 Å². The van der Waals surface area contributed by atoms with E-state index in [1.165, 1.54) is 32.5 Å². The summed E-state index contributed by atoms with van der Waals surface area (Å²) in [6.45, 7) is 7.85. The van der Waals surface area contributed by atoms with Gasteiger partial charge in [0.05, 0.1) is 12.8 Å². The van der Waals surface area contributed by atoms with Gasteiger partial charge < -0.3 is 9.73 Å². The maximum Gasteiger partial charge on any atom is 0.117 e. The van der Waals surface area contributed by atoms with Crippen LogP contribution in [0.15, 0.2) is 22.8 Å². The summed E-state index contributed by atoms with van der Waals surface area (Å²) in [5, 5.41) is 3.41. The minimum Gasteiger partial charge on any atom is -0.468 e. The lowest BCUT2D eigenvalue weighted by Crippen LogP contribution is -2.35. The highest BCUT2D eigenvalue weighted by molar-refractivity contribution is 4.97. The van der Waals surface area contributed by atoms with Crippen molar-refractivity contribution in [2.75, 3.05) is 26.2 Å². The van der Waals surface area contributed by atoms with Crippen molar-refractivity contribution in [3.8, 4) is 0 Å². The topological polar surface area (TPSA) is 28.4 Å². The van der Waals surface area contributed by atoms with Crippen LogP contribution in [-0.2, 0) is 6.54 Å². The summed E-state index contributed by atoms with van der Waals surface area (Å²) in [7, 11) is 0. The van der Waals surface area contributed by atoms with Crippen molar-refractivity contribution in [3.63, 3.8) is 0 Å². The third-order valence-electron chi connectivity index (χ3n) is 3.38. The molecule has 16 heavy (non-hydrogen) atoms. The molecule has 3 nitrogen and oxygen atoms in total. The van der Waals surface area contributed by atoms with Gasteiger partial charge in [-0.15, -0.1) is 0 Å². The summed E-state index contributed by atoms with van der Waals surface area (Å²) in [5.41, 5.74) is 0. The van der Waals surface area contributed by atoms with Crippen LogP contribution in [0.3, 0.4) is 0 Å². The van der Waals surface area contributed by atoms with Crippen LogP contribution in [0.25, 0.3) is 0 Å². The van der Waals surface area contributed by atoms with Gasteiger partial charge in [-0.05, 0) is 50.5 Å². The van der Waals surface area contributed by atoms with Gasteiger partial charge in [-0.3, -0.25) is 4.90 Å². The van der Waals surface area contributed by atoms with E-state index < -0.39 is 0 Å². The van der Waals surface area contributed by atoms with Crippen LogP contribution in [-0.4, -0.2) is 31.1 Å². The van der Waals surface area contributed by atoms with Crippen molar-refractivity contribution >= 4 is 0 Å². The van der Waals surface area contributed by atoms with Gasteiger partial charge in [-0.25, -0.2) is 0 Å². The fourth-order valence-corrected chi connectivity index (χ4v) is 2.36. The first kappa shape index (κ1) is 11.7. The molecule has 0 unspecified atom stereocenters. The molecule has 0 aliphatic carbocycles. The Morgan fingerprint density at radius 2 is 2.25 bits per heavy atom. The van der Waals surface area contributed by atoms with Gasteiger partial charge in [0.1, 0.15) is 5.76 Å². The fourth-order valence-electron chi connectivity index (χ4n) is 2.36. The molecule has 0 amide bonds. The highest BCUT2D eigenvalue weighted by Crippen LogP contribution is 2.15. The number of piperidine rings is 1. The third-order valence-corrected chi connectivity index (χ3v) is 3.38. The second-order valence-electron chi connectivity index (χ2n) is 4.60. The van der Waals surface area contributed by atoms with E-state index in [0.717, 1.165) is 24.8 Å². The Labute approximate surface area is 97.8 Å². The number of hydrogen-bond donors (Lipinski definition) is 1. The van der Waals surface area contributed by atoms with Crippen molar-refractivity contribution in [2.24, 2.45) is 5.92 Å². The van der Waals surface area contributed by atoms with E-state index in [0.29, 0.717) is 0 Å². The average molecular weight is 222 g/mol. The zero-order chi connectivity index (χ0) is 11.2. The minimum absolute atomic E-state index is 0.858. The molecule has 1 saturated heterocycles. The van der Waals surface area contributed by atoms with Gasteiger partial charge in [0, 0.05) is 6.54 Å². The first-order valence-electron chi connectivity index (χ1n) is 6.34. The average Bonchev–Trinajstić information content (AvgIpc) is 2.82. The van der Waals surface area contributed by atoms with Crippen LogP contribution in [0.2, 0.25) is 0 Å². The van der Waals surface area contributed by atoms with Crippen molar-refractivity contribution in [2.45, 2.75) is 26.3 Å². The van der Waals surface area contributed by atoms with Gasteiger partial charge in [-0.2, -0.15) is 0 Å². The number of hydrogen-bond acceptors (Lipinski definition) is 3. The SMILES string of the molecule is CCN(Cc1ccco1)CC1CCNCC1. The monoisotopic (exact) mass is 222 g/mol. The Hall–Kier alpha value is -0.800. The summed E-state index contributed by atoms with van der Waals surface area (Å²) in [5.74, 6) is 1.94. The van der Waals surface area contributed by atoms with E-state index in [2.05, 4.69) is 23.2 Å². The maximum absolute atomic E-state index is 5.40. The lowest BCUT2D eigenvalue weighted by Gasteiger charge is -2.28. The van der Waals surface area contributed by atoms with E-state index in [-0.39, 0.29) is 0 Å². The van der Waals surface area contributed by atoms with Crippen LogP contribution < -0.4 is 5.32 Å². The molecule has 1 aliphatic rings.